The number of aliphatic hydroxyl groups is 1. The Labute approximate surface area is 222 Å². The Kier molecular flexibility index (Phi) is 6.71. The molecule has 1 aliphatic heterocycles. The molecule has 1 aromatic carbocycles. The molecule has 0 radical (unpaired) electrons. The zero-order valence-electron chi connectivity index (χ0n) is 21.9. The van der Waals surface area contributed by atoms with E-state index in [2.05, 4.69) is 32.4 Å². The largest absolute Gasteiger partial charge is 0.508 e. The van der Waals surface area contributed by atoms with Crippen LogP contribution in [-0.4, -0.2) is 46.6 Å². The van der Waals surface area contributed by atoms with Gasteiger partial charge in [0.15, 0.2) is 0 Å². The van der Waals surface area contributed by atoms with Crippen molar-refractivity contribution in [2.24, 2.45) is 11.8 Å². The quantitative estimate of drug-likeness (QED) is 0.288. The van der Waals surface area contributed by atoms with Gasteiger partial charge >= 0.3 is 6.03 Å². The Bertz CT molecular complexity index is 1350. The van der Waals surface area contributed by atoms with Crippen LogP contribution >= 0.6 is 0 Å². The molecular formula is C29H33N5O4. The van der Waals surface area contributed by atoms with Crippen LogP contribution in [0.5, 0.6) is 5.75 Å². The minimum Gasteiger partial charge on any atom is -0.508 e. The highest BCUT2D eigenvalue weighted by molar-refractivity contribution is 5.93. The summed E-state index contributed by atoms with van der Waals surface area (Å²) >= 11 is 0. The molecule has 198 valence electrons. The highest BCUT2D eigenvalue weighted by Gasteiger charge is 2.80. The Morgan fingerprint density at radius 2 is 2.03 bits per heavy atom. The second kappa shape index (κ2) is 9.98. The van der Waals surface area contributed by atoms with Gasteiger partial charge in [-0.25, -0.2) is 9.78 Å². The Morgan fingerprint density at radius 3 is 2.74 bits per heavy atom. The number of pyridine rings is 1. The molecule has 2 fully saturated rings. The summed E-state index contributed by atoms with van der Waals surface area (Å²) in [6, 6.07) is 9.29. The van der Waals surface area contributed by atoms with Gasteiger partial charge in [0.25, 0.3) is 0 Å². The number of benzene rings is 1. The number of urea groups is 1. The SMILES string of the molecule is C=C(/C(O)=C\C=C(/C)Oc1ccnc2c1CCC(=O)N2)[C@@H]1[C@@H]2C[C@@]12NC(=O)Nc1ccc(CN(C)C)cc1. The third-order valence-electron chi connectivity index (χ3n) is 7.29. The summed E-state index contributed by atoms with van der Waals surface area (Å²) in [5.41, 5.74) is 3.03. The second-order valence-corrected chi connectivity index (χ2v) is 10.5. The normalized spacial score (nSPS) is 23.6. The topological polar surface area (TPSA) is 116 Å². The summed E-state index contributed by atoms with van der Waals surface area (Å²) in [5, 5.41) is 19.4. The number of aliphatic hydroxyl groups excluding tert-OH is 1. The molecule has 3 atom stereocenters. The summed E-state index contributed by atoms with van der Waals surface area (Å²) in [5.74, 6) is 2.02. The summed E-state index contributed by atoms with van der Waals surface area (Å²) < 4.78 is 5.96. The van der Waals surface area contributed by atoms with Crippen molar-refractivity contribution >= 4 is 23.4 Å². The van der Waals surface area contributed by atoms with Crippen LogP contribution in [0.4, 0.5) is 16.3 Å². The number of amides is 3. The number of fused-ring (bicyclic) bond motifs is 2. The van der Waals surface area contributed by atoms with Crippen molar-refractivity contribution in [3.8, 4) is 5.75 Å². The van der Waals surface area contributed by atoms with Gasteiger partial charge in [-0.2, -0.15) is 0 Å². The molecule has 5 rings (SSSR count). The minimum atomic E-state index is -0.330. The number of anilines is 2. The molecule has 0 unspecified atom stereocenters. The van der Waals surface area contributed by atoms with Gasteiger partial charge in [-0.15, -0.1) is 0 Å². The summed E-state index contributed by atoms with van der Waals surface area (Å²) in [6.45, 7) is 6.71. The van der Waals surface area contributed by atoms with E-state index < -0.39 is 0 Å². The van der Waals surface area contributed by atoms with Crippen molar-refractivity contribution in [1.82, 2.24) is 15.2 Å². The second-order valence-electron chi connectivity index (χ2n) is 10.5. The third-order valence-corrected chi connectivity index (χ3v) is 7.29. The lowest BCUT2D eigenvalue weighted by Gasteiger charge is -2.19. The van der Waals surface area contributed by atoms with Gasteiger partial charge in [0.05, 0.1) is 5.54 Å². The number of carbonyl (C=O) groups is 2. The number of nitrogens with one attached hydrogen (secondary N) is 3. The van der Waals surface area contributed by atoms with Crippen LogP contribution in [-0.2, 0) is 17.8 Å². The van der Waals surface area contributed by atoms with Gasteiger partial charge in [0.1, 0.15) is 23.1 Å². The van der Waals surface area contributed by atoms with Gasteiger partial charge in [-0.3, -0.25) is 4.79 Å². The first-order valence-corrected chi connectivity index (χ1v) is 12.7. The Hall–Kier alpha value is -4.11. The molecule has 4 N–H and O–H groups in total. The van der Waals surface area contributed by atoms with Gasteiger partial charge in [0, 0.05) is 36.3 Å². The molecule has 3 amide bonds. The minimum absolute atomic E-state index is 0.0115. The van der Waals surface area contributed by atoms with E-state index >= 15 is 0 Å². The molecule has 2 saturated carbocycles. The predicted molar refractivity (Wildman–Crippen MR) is 146 cm³/mol. The van der Waals surface area contributed by atoms with E-state index in [0.29, 0.717) is 41.7 Å². The van der Waals surface area contributed by atoms with E-state index in [-0.39, 0.29) is 29.2 Å². The summed E-state index contributed by atoms with van der Waals surface area (Å²) in [7, 11) is 4.03. The molecule has 1 aromatic heterocycles. The van der Waals surface area contributed by atoms with Gasteiger partial charge in [-0.05, 0) is 81.3 Å². The van der Waals surface area contributed by atoms with Crippen LogP contribution in [0, 0.1) is 11.8 Å². The number of ether oxygens (including phenoxy) is 1. The number of rotatable bonds is 9. The fraction of sp³-hybridized carbons (Fsp3) is 0.345. The van der Waals surface area contributed by atoms with Gasteiger partial charge in [0.2, 0.25) is 5.91 Å². The van der Waals surface area contributed by atoms with Crippen molar-refractivity contribution in [2.75, 3.05) is 24.7 Å². The van der Waals surface area contributed by atoms with Crippen LogP contribution in [0.25, 0.3) is 0 Å². The zero-order chi connectivity index (χ0) is 27.0. The lowest BCUT2D eigenvalue weighted by atomic mass is 10.0. The molecule has 9 nitrogen and oxygen atoms in total. The Morgan fingerprint density at radius 1 is 1.26 bits per heavy atom. The van der Waals surface area contributed by atoms with Gasteiger partial charge in [-0.1, -0.05) is 18.7 Å². The molecule has 2 aliphatic carbocycles. The molecule has 38 heavy (non-hydrogen) atoms. The smallest absolute Gasteiger partial charge is 0.319 e. The van der Waals surface area contributed by atoms with Crippen molar-refractivity contribution in [3.63, 3.8) is 0 Å². The average Bonchev–Trinajstić information content (AvgIpc) is 3.73. The monoisotopic (exact) mass is 515 g/mol. The van der Waals surface area contributed by atoms with E-state index in [0.717, 1.165) is 24.2 Å². The Balaban J connectivity index is 1.15. The van der Waals surface area contributed by atoms with E-state index in [1.54, 1.807) is 31.3 Å². The number of aromatic nitrogens is 1. The summed E-state index contributed by atoms with van der Waals surface area (Å²) in [6.07, 6.45) is 6.65. The zero-order valence-corrected chi connectivity index (χ0v) is 21.9. The standard InChI is InChI=1S/C29H33N5O4/c1-17(38-24-13-14-30-27-21(24)10-12-25(36)32-27)5-11-23(35)18(2)26-22-15-29(22,26)33-28(37)31-20-8-6-19(7-9-20)16-34(3)4/h5-9,11,13-14,22,26,35H,2,10,12,15-16H2,1,3-4H3,(H,30,32,36)(H2,31,33,37)/b17-5+,23-11+/t22-,26+,29-/m0/s1. The lowest BCUT2D eigenvalue weighted by Crippen LogP contribution is -2.37. The number of nitrogens with zero attached hydrogens (tertiary/aromatic N) is 2. The number of carbonyl (C=O) groups excluding carboxylic acids is 2. The maximum absolute atomic E-state index is 12.6. The molecule has 0 saturated heterocycles. The van der Waals surface area contributed by atoms with Crippen LogP contribution < -0.4 is 20.7 Å². The van der Waals surface area contributed by atoms with Crippen molar-refractivity contribution in [2.45, 2.75) is 38.3 Å². The number of allylic oxidation sites excluding steroid dienone is 4. The molecule has 2 aromatic rings. The van der Waals surface area contributed by atoms with E-state index in [1.807, 2.05) is 38.4 Å². The van der Waals surface area contributed by atoms with Crippen LogP contribution in [0.3, 0.4) is 0 Å². The molecule has 9 heteroatoms. The average molecular weight is 516 g/mol. The van der Waals surface area contributed by atoms with Crippen molar-refractivity contribution in [1.29, 1.82) is 0 Å². The predicted octanol–water partition coefficient (Wildman–Crippen LogP) is 4.52. The third kappa shape index (κ3) is 5.28. The maximum atomic E-state index is 12.6. The molecule has 2 heterocycles. The van der Waals surface area contributed by atoms with E-state index in [9.17, 15) is 14.7 Å². The number of hydrogen-bond acceptors (Lipinski definition) is 6. The maximum Gasteiger partial charge on any atom is 0.319 e. The van der Waals surface area contributed by atoms with Crippen LogP contribution in [0.1, 0.15) is 30.9 Å². The molecular weight excluding hydrogens is 482 g/mol. The molecule has 0 spiro atoms. The lowest BCUT2D eigenvalue weighted by molar-refractivity contribution is -0.116. The fourth-order valence-corrected chi connectivity index (χ4v) is 5.14. The van der Waals surface area contributed by atoms with Crippen LogP contribution in [0.2, 0.25) is 0 Å². The highest BCUT2D eigenvalue weighted by Crippen LogP contribution is 2.74. The highest BCUT2D eigenvalue weighted by atomic mass is 16.5. The molecule has 3 aliphatic rings. The molecule has 0 bridgehead atoms. The van der Waals surface area contributed by atoms with E-state index in [4.69, 9.17) is 4.74 Å². The number of hydrogen-bond donors (Lipinski definition) is 4. The first-order chi connectivity index (χ1) is 18.2. The van der Waals surface area contributed by atoms with E-state index in [1.165, 1.54) is 5.56 Å². The summed E-state index contributed by atoms with van der Waals surface area (Å²) in [4.78, 5) is 30.5. The van der Waals surface area contributed by atoms with Crippen LogP contribution in [0.15, 0.2) is 72.4 Å². The van der Waals surface area contributed by atoms with Crippen molar-refractivity contribution in [3.05, 3.63) is 83.5 Å². The van der Waals surface area contributed by atoms with Gasteiger partial charge < -0.3 is 30.7 Å². The fourth-order valence-electron chi connectivity index (χ4n) is 5.14. The van der Waals surface area contributed by atoms with Crippen molar-refractivity contribution < 1.29 is 19.4 Å². The first-order valence-electron chi connectivity index (χ1n) is 12.7. The first kappa shape index (κ1) is 25.5.